The van der Waals surface area contributed by atoms with Crippen LogP contribution in [0.2, 0.25) is 0 Å². The normalized spacial score (nSPS) is 14.9. The number of carbonyl (C=O) groups excluding carboxylic acids is 1. The van der Waals surface area contributed by atoms with Gasteiger partial charge >= 0.3 is 0 Å². The summed E-state index contributed by atoms with van der Waals surface area (Å²) in [7, 11) is 0. The zero-order chi connectivity index (χ0) is 15.0. The second-order valence-corrected chi connectivity index (χ2v) is 5.53. The van der Waals surface area contributed by atoms with Gasteiger partial charge in [0.05, 0.1) is 0 Å². The van der Waals surface area contributed by atoms with Crippen LogP contribution in [0.5, 0.6) is 0 Å². The molecule has 1 saturated heterocycles. The van der Waals surface area contributed by atoms with E-state index >= 15 is 0 Å². The molecule has 0 spiro atoms. The van der Waals surface area contributed by atoms with Crippen molar-refractivity contribution in [2.45, 2.75) is 19.8 Å². The van der Waals surface area contributed by atoms with E-state index < -0.39 is 0 Å². The summed E-state index contributed by atoms with van der Waals surface area (Å²) < 4.78 is 0. The molecule has 108 valence electrons. The molecule has 5 heteroatoms. The van der Waals surface area contributed by atoms with Gasteiger partial charge in [0.1, 0.15) is 5.56 Å². The van der Waals surface area contributed by atoms with Crippen molar-refractivity contribution in [3.8, 4) is 0 Å². The molecule has 2 aromatic rings. The van der Waals surface area contributed by atoms with E-state index in [1.807, 2.05) is 31.3 Å². The molecule has 1 amide bonds. The van der Waals surface area contributed by atoms with Gasteiger partial charge in [0.25, 0.3) is 11.5 Å². The first-order valence-corrected chi connectivity index (χ1v) is 6.96. The number of hydrogen-bond acceptors (Lipinski definition) is 3. The number of aryl methyl sites for hydroxylation is 2. The highest BCUT2D eigenvalue weighted by Gasteiger charge is 2.33. The first kappa shape index (κ1) is 13.5. The van der Waals surface area contributed by atoms with Crippen molar-refractivity contribution in [3.05, 3.63) is 63.3 Å². The summed E-state index contributed by atoms with van der Waals surface area (Å²) in [5, 5.41) is 0. The van der Waals surface area contributed by atoms with E-state index in [9.17, 15) is 9.59 Å². The van der Waals surface area contributed by atoms with E-state index in [-0.39, 0.29) is 17.0 Å². The molecule has 0 aromatic carbocycles. The lowest BCUT2D eigenvalue weighted by Gasteiger charge is -2.39. The Hall–Kier alpha value is -2.43. The molecule has 5 nitrogen and oxygen atoms in total. The largest absolute Gasteiger partial charge is 0.337 e. The van der Waals surface area contributed by atoms with Crippen LogP contribution in [0.25, 0.3) is 0 Å². The highest BCUT2D eigenvalue weighted by molar-refractivity contribution is 5.95. The average molecular weight is 283 g/mol. The van der Waals surface area contributed by atoms with Crippen LogP contribution < -0.4 is 5.56 Å². The molecule has 2 aromatic heterocycles. The van der Waals surface area contributed by atoms with Gasteiger partial charge in [0.15, 0.2) is 0 Å². The number of amides is 1. The molecule has 1 N–H and O–H groups in total. The van der Waals surface area contributed by atoms with E-state index in [0.29, 0.717) is 19.0 Å². The van der Waals surface area contributed by atoms with E-state index in [4.69, 9.17) is 0 Å². The Morgan fingerprint density at radius 2 is 2.14 bits per heavy atom. The number of aromatic nitrogens is 2. The van der Waals surface area contributed by atoms with Crippen LogP contribution in [-0.2, 0) is 0 Å². The predicted octanol–water partition coefficient (Wildman–Crippen LogP) is 1.63. The first-order valence-electron chi connectivity index (χ1n) is 6.96. The van der Waals surface area contributed by atoms with Crippen molar-refractivity contribution < 1.29 is 4.79 Å². The molecule has 1 fully saturated rings. The molecular weight excluding hydrogens is 266 g/mol. The number of H-pyrrole nitrogens is 1. The standard InChI is InChI=1S/C16H17N3O2/c1-10-6-11(2)18-15(20)14(10)16(21)19-8-13(9-19)12-4-3-5-17-7-12/h3-7,13H,8-9H2,1-2H3,(H,18,20). The van der Waals surface area contributed by atoms with Crippen molar-refractivity contribution in [1.29, 1.82) is 0 Å². The lowest BCUT2D eigenvalue weighted by molar-refractivity contribution is 0.0599. The fourth-order valence-electron chi connectivity index (χ4n) is 2.75. The molecule has 0 aliphatic carbocycles. The maximum absolute atomic E-state index is 12.4. The van der Waals surface area contributed by atoms with Gasteiger partial charge in [0, 0.05) is 37.1 Å². The number of rotatable bonds is 2. The Morgan fingerprint density at radius 3 is 2.76 bits per heavy atom. The maximum atomic E-state index is 12.4. The van der Waals surface area contributed by atoms with Crippen molar-refractivity contribution >= 4 is 5.91 Å². The molecule has 0 saturated carbocycles. The number of aromatic amines is 1. The van der Waals surface area contributed by atoms with Crippen LogP contribution in [0.1, 0.15) is 33.1 Å². The zero-order valence-electron chi connectivity index (χ0n) is 12.1. The second-order valence-electron chi connectivity index (χ2n) is 5.53. The van der Waals surface area contributed by atoms with Gasteiger partial charge in [-0.1, -0.05) is 6.07 Å². The molecule has 1 aliphatic rings. The van der Waals surface area contributed by atoms with Crippen LogP contribution in [0, 0.1) is 13.8 Å². The minimum atomic E-state index is -0.303. The third kappa shape index (κ3) is 2.46. The smallest absolute Gasteiger partial charge is 0.261 e. The Kier molecular flexibility index (Phi) is 3.33. The van der Waals surface area contributed by atoms with Crippen LogP contribution in [-0.4, -0.2) is 33.9 Å². The van der Waals surface area contributed by atoms with E-state index in [1.54, 1.807) is 18.0 Å². The third-order valence-corrected chi connectivity index (χ3v) is 3.90. The first-order chi connectivity index (χ1) is 10.1. The highest BCUT2D eigenvalue weighted by Crippen LogP contribution is 2.27. The molecular formula is C16H17N3O2. The molecule has 3 heterocycles. The van der Waals surface area contributed by atoms with Crippen molar-refractivity contribution in [1.82, 2.24) is 14.9 Å². The summed E-state index contributed by atoms with van der Waals surface area (Å²) >= 11 is 0. The summed E-state index contributed by atoms with van der Waals surface area (Å²) in [6, 6.07) is 5.74. The van der Waals surface area contributed by atoms with Gasteiger partial charge in [-0.25, -0.2) is 0 Å². The summed E-state index contributed by atoms with van der Waals surface area (Å²) in [4.78, 5) is 32.9. The molecule has 21 heavy (non-hydrogen) atoms. The SMILES string of the molecule is Cc1cc(C)c(C(=O)N2CC(c3cccnc3)C2)c(=O)[nH]1. The third-order valence-electron chi connectivity index (χ3n) is 3.90. The molecule has 0 atom stereocenters. The number of pyridine rings is 2. The molecule has 1 aliphatic heterocycles. The molecule has 0 radical (unpaired) electrons. The highest BCUT2D eigenvalue weighted by atomic mass is 16.2. The zero-order valence-corrected chi connectivity index (χ0v) is 12.1. The Balaban J connectivity index is 1.76. The number of likely N-dealkylation sites (tertiary alicyclic amines) is 1. The summed E-state index contributed by atoms with van der Waals surface area (Å²) in [5.41, 5.74) is 2.58. The van der Waals surface area contributed by atoms with Gasteiger partial charge < -0.3 is 9.88 Å². The van der Waals surface area contributed by atoms with Gasteiger partial charge in [-0.2, -0.15) is 0 Å². The summed E-state index contributed by atoms with van der Waals surface area (Å²) in [6.45, 7) is 4.88. The fourth-order valence-corrected chi connectivity index (χ4v) is 2.75. The second kappa shape index (κ2) is 5.16. The Morgan fingerprint density at radius 1 is 1.38 bits per heavy atom. The van der Waals surface area contributed by atoms with E-state index in [0.717, 1.165) is 16.8 Å². The number of nitrogens with zero attached hydrogens (tertiary/aromatic N) is 2. The van der Waals surface area contributed by atoms with Crippen LogP contribution in [0.4, 0.5) is 0 Å². The van der Waals surface area contributed by atoms with Crippen LogP contribution in [0.3, 0.4) is 0 Å². The number of hydrogen-bond donors (Lipinski definition) is 1. The van der Waals surface area contributed by atoms with E-state index in [1.165, 1.54) is 0 Å². The van der Waals surface area contributed by atoms with Gasteiger partial charge in [-0.15, -0.1) is 0 Å². The number of nitrogens with one attached hydrogen (secondary N) is 1. The van der Waals surface area contributed by atoms with Crippen LogP contribution >= 0.6 is 0 Å². The summed E-state index contributed by atoms with van der Waals surface area (Å²) in [5.74, 6) is 0.126. The quantitative estimate of drug-likeness (QED) is 0.911. The van der Waals surface area contributed by atoms with E-state index in [2.05, 4.69) is 9.97 Å². The van der Waals surface area contributed by atoms with Gasteiger partial charge in [0.2, 0.25) is 0 Å². The Bertz CT molecular complexity index is 731. The van der Waals surface area contributed by atoms with Crippen LogP contribution in [0.15, 0.2) is 35.4 Å². The van der Waals surface area contributed by atoms with Crippen molar-refractivity contribution in [3.63, 3.8) is 0 Å². The lowest BCUT2D eigenvalue weighted by atomic mass is 9.92. The maximum Gasteiger partial charge on any atom is 0.261 e. The lowest BCUT2D eigenvalue weighted by Crippen LogP contribution is -2.50. The fraction of sp³-hybridized carbons (Fsp3) is 0.312. The topological polar surface area (TPSA) is 66.1 Å². The molecule has 0 bridgehead atoms. The van der Waals surface area contributed by atoms with Gasteiger partial charge in [-0.3, -0.25) is 14.6 Å². The Labute approximate surface area is 122 Å². The predicted molar refractivity (Wildman–Crippen MR) is 79.4 cm³/mol. The summed E-state index contributed by atoms with van der Waals surface area (Å²) in [6.07, 6.45) is 3.57. The van der Waals surface area contributed by atoms with Crippen molar-refractivity contribution in [2.75, 3.05) is 13.1 Å². The van der Waals surface area contributed by atoms with Gasteiger partial charge in [-0.05, 0) is 37.1 Å². The molecule has 3 rings (SSSR count). The number of carbonyl (C=O) groups is 1. The molecule has 0 unspecified atom stereocenters. The monoisotopic (exact) mass is 283 g/mol. The average Bonchev–Trinajstić information content (AvgIpc) is 2.37. The minimum Gasteiger partial charge on any atom is -0.337 e. The van der Waals surface area contributed by atoms with Crippen molar-refractivity contribution in [2.24, 2.45) is 0 Å². The minimum absolute atomic E-state index is 0.186.